The van der Waals surface area contributed by atoms with Crippen LogP contribution in [0.3, 0.4) is 0 Å². The molecule has 5 nitrogen and oxygen atoms in total. The molecule has 0 spiro atoms. The molecule has 116 valence electrons. The molecule has 22 heavy (non-hydrogen) atoms. The lowest BCUT2D eigenvalue weighted by molar-refractivity contribution is -0.155. The molecule has 2 heterocycles. The maximum atomic E-state index is 13.0. The second-order valence-corrected chi connectivity index (χ2v) is 8.13. The number of fused-ring (bicyclic) bond motifs is 1. The van der Waals surface area contributed by atoms with E-state index in [-0.39, 0.29) is 16.6 Å². The van der Waals surface area contributed by atoms with E-state index in [4.69, 9.17) is 5.10 Å². The number of rotatable bonds is 2. The van der Waals surface area contributed by atoms with E-state index in [0.29, 0.717) is 12.0 Å². The van der Waals surface area contributed by atoms with Crippen molar-refractivity contribution in [2.24, 2.45) is 11.3 Å². The molecule has 5 heteroatoms. The van der Waals surface area contributed by atoms with Crippen LogP contribution in [0.1, 0.15) is 69.7 Å². The Balaban J connectivity index is 1.47. The lowest BCUT2D eigenvalue weighted by Crippen LogP contribution is -2.69. The molecule has 2 bridgehead atoms. The Morgan fingerprint density at radius 1 is 1.14 bits per heavy atom. The number of aromatic nitrogens is 3. The van der Waals surface area contributed by atoms with Gasteiger partial charge in [-0.15, -0.1) is 0 Å². The van der Waals surface area contributed by atoms with E-state index in [1.54, 1.807) is 4.68 Å². The molecule has 0 N–H and O–H groups in total. The zero-order chi connectivity index (χ0) is 14.9. The van der Waals surface area contributed by atoms with E-state index in [1.165, 1.54) is 32.1 Å². The molecule has 0 unspecified atom stereocenters. The lowest BCUT2D eigenvalue weighted by Gasteiger charge is -2.65. The first-order valence-electron chi connectivity index (χ1n) is 8.79. The van der Waals surface area contributed by atoms with Gasteiger partial charge >= 0.3 is 5.69 Å². The maximum absolute atomic E-state index is 13.0. The molecule has 6 rings (SSSR count). The monoisotopic (exact) mass is 298 g/mol. The molecule has 0 radical (unpaired) electrons. The van der Waals surface area contributed by atoms with Crippen LogP contribution in [0.4, 0.5) is 0 Å². The maximum Gasteiger partial charge on any atom is 0.346 e. The van der Waals surface area contributed by atoms with Crippen LogP contribution < -0.4 is 5.69 Å². The van der Waals surface area contributed by atoms with Crippen molar-refractivity contribution in [3.8, 4) is 6.07 Å². The zero-order valence-electron chi connectivity index (χ0n) is 12.9. The van der Waals surface area contributed by atoms with Gasteiger partial charge in [-0.25, -0.2) is 9.48 Å². The molecule has 1 aromatic rings. The van der Waals surface area contributed by atoms with Crippen molar-refractivity contribution >= 4 is 0 Å². The average Bonchev–Trinajstić information content (AvgIpc) is 3.00. The van der Waals surface area contributed by atoms with Gasteiger partial charge in [0, 0.05) is 12.5 Å². The quantitative estimate of drug-likeness (QED) is 0.842. The van der Waals surface area contributed by atoms with E-state index in [9.17, 15) is 10.1 Å². The van der Waals surface area contributed by atoms with Crippen molar-refractivity contribution < 1.29 is 0 Å². The smallest absolute Gasteiger partial charge is 0.275 e. The molecule has 4 saturated carbocycles. The summed E-state index contributed by atoms with van der Waals surface area (Å²) >= 11 is 0. The first kappa shape index (κ1) is 12.9. The van der Waals surface area contributed by atoms with Crippen molar-refractivity contribution in [3.05, 3.63) is 16.3 Å². The van der Waals surface area contributed by atoms with Gasteiger partial charge in [-0.1, -0.05) is 19.3 Å². The van der Waals surface area contributed by atoms with Crippen LogP contribution in [0.25, 0.3) is 0 Å². The van der Waals surface area contributed by atoms with Crippen molar-refractivity contribution in [1.29, 1.82) is 5.26 Å². The number of nitrogens with zero attached hydrogens (tertiary/aromatic N) is 4. The van der Waals surface area contributed by atoms with Crippen LogP contribution in [-0.2, 0) is 12.0 Å². The van der Waals surface area contributed by atoms with Crippen molar-refractivity contribution in [2.45, 2.75) is 75.8 Å². The van der Waals surface area contributed by atoms with Crippen LogP contribution in [-0.4, -0.2) is 14.3 Å². The molecule has 5 aliphatic rings. The summed E-state index contributed by atoms with van der Waals surface area (Å²) in [5.74, 6) is 1.67. The largest absolute Gasteiger partial charge is 0.346 e. The molecule has 0 amide bonds. The minimum absolute atomic E-state index is 0.106. The van der Waals surface area contributed by atoms with Gasteiger partial charge in [0.15, 0.2) is 0 Å². The molecular formula is C17H22N4O. The fourth-order valence-electron chi connectivity index (χ4n) is 5.68. The van der Waals surface area contributed by atoms with Crippen LogP contribution in [0.2, 0.25) is 0 Å². The topological polar surface area (TPSA) is 63.6 Å². The lowest BCUT2D eigenvalue weighted by atomic mass is 9.40. The first-order valence-corrected chi connectivity index (χ1v) is 8.79. The van der Waals surface area contributed by atoms with Crippen LogP contribution >= 0.6 is 0 Å². The highest BCUT2D eigenvalue weighted by atomic mass is 16.2. The van der Waals surface area contributed by atoms with Gasteiger partial charge in [0.05, 0.1) is 17.0 Å². The summed E-state index contributed by atoms with van der Waals surface area (Å²) in [4.78, 5) is 13.0. The zero-order valence-corrected chi connectivity index (χ0v) is 12.9. The third-order valence-electron chi connectivity index (χ3n) is 6.76. The van der Waals surface area contributed by atoms with Gasteiger partial charge in [-0.05, 0) is 44.4 Å². The van der Waals surface area contributed by atoms with Crippen molar-refractivity contribution in [3.63, 3.8) is 0 Å². The Hall–Kier alpha value is -1.57. The Morgan fingerprint density at radius 3 is 2.55 bits per heavy atom. The van der Waals surface area contributed by atoms with Gasteiger partial charge in [0.2, 0.25) is 0 Å². The van der Waals surface area contributed by atoms with Gasteiger partial charge < -0.3 is 0 Å². The molecule has 4 fully saturated rings. The molecule has 0 saturated heterocycles. The highest BCUT2D eigenvalue weighted by molar-refractivity contribution is 5.28. The molecule has 4 aliphatic carbocycles. The Morgan fingerprint density at radius 2 is 1.86 bits per heavy atom. The second kappa shape index (κ2) is 4.04. The molecule has 0 aromatic carbocycles. The highest BCUT2D eigenvalue weighted by Crippen LogP contribution is 2.70. The molecule has 1 aliphatic heterocycles. The van der Waals surface area contributed by atoms with E-state index in [1.807, 2.05) is 4.57 Å². The van der Waals surface area contributed by atoms with Gasteiger partial charge in [-0.2, -0.15) is 10.4 Å². The fraction of sp³-hybridized carbons (Fsp3) is 0.824. The van der Waals surface area contributed by atoms with E-state index < -0.39 is 0 Å². The summed E-state index contributed by atoms with van der Waals surface area (Å²) in [7, 11) is 0. The molecule has 1 aromatic heterocycles. The number of nitriles is 1. The SMILES string of the molecule is N#CC12CC(n3nc4n(c3=O)[C@H](C3CCCCC3)CC4)(C1)C2. The number of hydrogen-bond donors (Lipinski definition) is 0. The van der Waals surface area contributed by atoms with Crippen LogP contribution in [0.15, 0.2) is 4.79 Å². The highest BCUT2D eigenvalue weighted by Gasteiger charge is 2.71. The van der Waals surface area contributed by atoms with Crippen LogP contribution in [0, 0.1) is 22.7 Å². The van der Waals surface area contributed by atoms with E-state index >= 15 is 0 Å². The minimum atomic E-state index is -0.129. The summed E-state index contributed by atoms with van der Waals surface area (Å²) in [5, 5.41) is 13.9. The van der Waals surface area contributed by atoms with Gasteiger partial charge in [0.25, 0.3) is 0 Å². The molecule has 1 atom stereocenters. The summed E-state index contributed by atoms with van der Waals surface area (Å²) < 4.78 is 3.78. The fourth-order valence-corrected chi connectivity index (χ4v) is 5.68. The summed E-state index contributed by atoms with van der Waals surface area (Å²) in [5.41, 5.74) is -0.133. The molecular weight excluding hydrogens is 276 g/mol. The van der Waals surface area contributed by atoms with Crippen molar-refractivity contribution in [1.82, 2.24) is 14.3 Å². The predicted octanol–water partition coefficient (Wildman–Crippen LogP) is 2.52. The second-order valence-electron chi connectivity index (χ2n) is 8.13. The summed E-state index contributed by atoms with van der Waals surface area (Å²) in [6.07, 6.45) is 11.1. The van der Waals surface area contributed by atoms with E-state index in [0.717, 1.165) is 37.9 Å². The van der Waals surface area contributed by atoms with E-state index in [2.05, 4.69) is 6.07 Å². The van der Waals surface area contributed by atoms with Crippen molar-refractivity contribution in [2.75, 3.05) is 0 Å². The predicted molar refractivity (Wildman–Crippen MR) is 80.3 cm³/mol. The Labute approximate surface area is 129 Å². The number of hydrogen-bond acceptors (Lipinski definition) is 3. The normalized spacial score (nSPS) is 39.7. The third kappa shape index (κ3) is 1.44. The average molecular weight is 298 g/mol. The minimum Gasteiger partial charge on any atom is -0.275 e. The summed E-state index contributed by atoms with van der Waals surface area (Å²) in [6.45, 7) is 0. The Kier molecular flexibility index (Phi) is 2.37. The first-order chi connectivity index (χ1) is 10.7. The van der Waals surface area contributed by atoms with Gasteiger partial charge in [-0.3, -0.25) is 4.57 Å². The van der Waals surface area contributed by atoms with Gasteiger partial charge in [0.1, 0.15) is 5.82 Å². The van der Waals surface area contributed by atoms with Crippen LogP contribution in [0.5, 0.6) is 0 Å². The third-order valence-corrected chi connectivity index (χ3v) is 6.76. The standard InChI is InChI=1S/C17H22N4O/c18-11-16-8-17(9-16,10-16)21-15(22)20-13(6-7-14(20)19-21)12-4-2-1-3-5-12/h12-13H,1-10H2/t13-,16?,17?/m0/s1. The Bertz CT molecular complexity index is 711. The summed E-state index contributed by atoms with van der Waals surface area (Å²) in [6, 6.07) is 2.80. The number of aryl methyl sites for hydroxylation is 1.